The molecule has 4 aromatic rings. The summed E-state index contributed by atoms with van der Waals surface area (Å²) in [6.07, 6.45) is 0. The highest BCUT2D eigenvalue weighted by molar-refractivity contribution is 5.97. The van der Waals surface area contributed by atoms with Crippen LogP contribution in [0, 0.1) is 0 Å². The van der Waals surface area contributed by atoms with Gasteiger partial charge >= 0.3 is 5.69 Å². The number of fused-ring (bicyclic) bond motifs is 1. The summed E-state index contributed by atoms with van der Waals surface area (Å²) in [6, 6.07) is 23.7. The van der Waals surface area contributed by atoms with E-state index in [0.29, 0.717) is 16.6 Å². The number of hydrogen-bond acceptors (Lipinski definition) is 4. The van der Waals surface area contributed by atoms with Gasteiger partial charge in [0.15, 0.2) is 11.6 Å². The van der Waals surface area contributed by atoms with Gasteiger partial charge in [-0.05, 0) is 12.1 Å². The number of rotatable bonds is 6. The summed E-state index contributed by atoms with van der Waals surface area (Å²) in [5.74, 6) is -0.617. The first-order valence-electron chi connectivity index (χ1n) is 9.45. The van der Waals surface area contributed by atoms with Crippen molar-refractivity contribution in [1.29, 1.82) is 0 Å². The molecule has 4 rings (SSSR count). The normalized spacial score (nSPS) is 10.8. The Morgan fingerprint density at radius 3 is 1.63 bits per heavy atom. The zero-order valence-corrected chi connectivity index (χ0v) is 16.0. The topological polar surface area (TPSA) is 78.1 Å². The second kappa shape index (κ2) is 8.13. The van der Waals surface area contributed by atoms with Gasteiger partial charge in [0.2, 0.25) is 0 Å². The fourth-order valence-corrected chi connectivity index (χ4v) is 3.38. The average molecular weight is 398 g/mol. The molecule has 0 fully saturated rings. The van der Waals surface area contributed by atoms with Crippen molar-refractivity contribution >= 4 is 22.5 Å². The third kappa shape index (κ3) is 3.63. The Hall–Kier alpha value is -4.06. The van der Waals surface area contributed by atoms with Crippen LogP contribution in [0.5, 0.6) is 0 Å². The van der Waals surface area contributed by atoms with Crippen LogP contribution in [0.25, 0.3) is 10.9 Å². The number of aromatic nitrogens is 2. The Bertz CT molecular complexity index is 1350. The van der Waals surface area contributed by atoms with Crippen LogP contribution in [0.4, 0.5) is 0 Å². The molecule has 3 aromatic carbocycles. The number of hydrogen-bond donors (Lipinski definition) is 0. The first-order valence-corrected chi connectivity index (χ1v) is 9.45. The minimum Gasteiger partial charge on any atom is -0.292 e. The van der Waals surface area contributed by atoms with Crippen LogP contribution in [-0.4, -0.2) is 20.7 Å². The average Bonchev–Trinajstić information content (AvgIpc) is 2.80. The Kier molecular flexibility index (Phi) is 5.22. The van der Waals surface area contributed by atoms with Crippen LogP contribution >= 0.6 is 0 Å². The van der Waals surface area contributed by atoms with Gasteiger partial charge in [0.1, 0.15) is 0 Å². The molecule has 0 aliphatic heterocycles. The third-order valence-electron chi connectivity index (χ3n) is 4.93. The molecule has 0 amide bonds. The predicted molar refractivity (Wildman–Crippen MR) is 114 cm³/mol. The maximum absolute atomic E-state index is 13.2. The lowest BCUT2D eigenvalue weighted by Gasteiger charge is -2.13. The van der Waals surface area contributed by atoms with Gasteiger partial charge in [-0.3, -0.25) is 23.5 Å². The van der Waals surface area contributed by atoms with Crippen LogP contribution in [-0.2, 0) is 13.1 Å². The van der Waals surface area contributed by atoms with E-state index in [0.717, 1.165) is 4.57 Å². The van der Waals surface area contributed by atoms with Gasteiger partial charge in [0.05, 0.1) is 24.0 Å². The number of para-hydroxylation sites is 1. The van der Waals surface area contributed by atoms with E-state index in [2.05, 4.69) is 0 Å². The summed E-state index contributed by atoms with van der Waals surface area (Å²) in [6.45, 7) is -0.630. The molecule has 0 aliphatic carbocycles. The Labute approximate surface area is 171 Å². The summed E-state index contributed by atoms with van der Waals surface area (Å²) in [4.78, 5) is 51.5. The maximum atomic E-state index is 13.2. The van der Waals surface area contributed by atoms with Gasteiger partial charge in [-0.25, -0.2) is 4.79 Å². The monoisotopic (exact) mass is 398 g/mol. The standard InChI is InChI=1S/C24H18N2O4/c27-21(17-9-3-1-4-10-17)15-25-20-14-8-7-13-19(20)23(29)26(24(25)30)16-22(28)18-11-5-2-6-12-18/h1-14H,15-16H2. The zero-order valence-electron chi connectivity index (χ0n) is 16.0. The van der Waals surface area contributed by atoms with Gasteiger partial charge < -0.3 is 0 Å². The second-order valence-corrected chi connectivity index (χ2v) is 6.86. The van der Waals surface area contributed by atoms with E-state index in [1.807, 2.05) is 0 Å². The van der Waals surface area contributed by atoms with Crippen molar-refractivity contribution in [1.82, 2.24) is 9.13 Å². The molecule has 1 heterocycles. The molecule has 0 aliphatic rings. The highest BCUT2D eigenvalue weighted by Gasteiger charge is 2.18. The van der Waals surface area contributed by atoms with E-state index < -0.39 is 17.8 Å². The molecule has 1 aromatic heterocycles. The highest BCUT2D eigenvalue weighted by Crippen LogP contribution is 2.10. The molecular formula is C24H18N2O4. The quantitative estimate of drug-likeness (QED) is 0.468. The summed E-state index contributed by atoms with van der Waals surface area (Å²) in [7, 11) is 0. The number of carbonyl (C=O) groups excluding carboxylic acids is 2. The fourth-order valence-electron chi connectivity index (χ4n) is 3.38. The van der Waals surface area contributed by atoms with Gasteiger partial charge in [-0.1, -0.05) is 72.8 Å². The molecule has 0 atom stereocenters. The van der Waals surface area contributed by atoms with Crippen molar-refractivity contribution < 1.29 is 9.59 Å². The molecule has 0 saturated heterocycles. The lowest BCUT2D eigenvalue weighted by Crippen LogP contribution is -2.42. The summed E-state index contributed by atoms with van der Waals surface area (Å²) >= 11 is 0. The maximum Gasteiger partial charge on any atom is 0.332 e. The van der Waals surface area contributed by atoms with Crippen LogP contribution < -0.4 is 11.2 Å². The van der Waals surface area contributed by atoms with Crippen molar-refractivity contribution in [2.75, 3.05) is 0 Å². The largest absolute Gasteiger partial charge is 0.332 e. The Balaban J connectivity index is 1.82. The first kappa shape index (κ1) is 19.3. The number of Topliss-reactive ketones (excluding diaryl/α,β-unsaturated/α-hetero) is 2. The summed E-state index contributed by atoms with van der Waals surface area (Å²) in [5.41, 5.74) is -0.00814. The Morgan fingerprint density at radius 2 is 1.07 bits per heavy atom. The van der Waals surface area contributed by atoms with Gasteiger partial charge in [0, 0.05) is 11.1 Å². The van der Waals surface area contributed by atoms with Crippen molar-refractivity contribution in [3.8, 4) is 0 Å². The molecular weight excluding hydrogens is 380 g/mol. The van der Waals surface area contributed by atoms with Crippen LogP contribution in [0.3, 0.4) is 0 Å². The number of nitrogens with zero attached hydrogens (tertiary/aromatic N) is 2. The number of ketones is 2. The number of carbonyl (C=O) groups is 2. The van der Waals surface area contributed by atoms with Crippen LogP contribution in [0.15, 0.2) is 94.5 Å². The SMILES string of the molecule is O=C(Cn1c(=O)c2ccccc2n(CC(=O)c2ccccc2)c1=O)c1ccccc1. The molecule has 148 valence electrons. The molecule has 0 N–H and O–H groups in total. The third-order valence-corrected chi connectivity index (χ3v) is 4.93. The minimum absolute atomic E-state index is 0.233. The molecule has 0 bridgehead atoms. The summed E-state index contributed by atoms with van der Waals surface area (Å²) in [5, 5.41) is 0.277. The lowest BCUT2D eigenvalue weighted by atomic mass is 10.1. The van der Waals surface area contributed by atoms with E-state index in [4.69, 9.17) is 0 Å². The fraction of sp³-hybridized carbons (Fsp3) is 0.0833. The van der Waals surface area contributed by atoms with Crippen molar-refractivity contribution in [3.63, 3.8) is 0 Å². The molecule has 6 nitrogen and oxygen atoms in total. The van der Waals surface area contributed by atoms with Crippen molar-refractivity contribution in [2.45, 2.75) is 13.1 Å². The van der Waals surface area contributed by atoms with Gasteiger partial charge in [0.25, 0.3) is 5.56 Å². The highest BCUT2D eigenvalue weighted by atomic mass is 16.2. The van der Waals surface area contributed by atoms with E-state index in [-0.39, 0.29) is 23.5 Å². The molecule has 0 spiro atoms. The van der Waals surface area contributed by atoms with E-state index >= 15 is 0 Å². The lowest BCUT2D eigenvalue weighted by molar-refractivity contribution is 0.0969. The second-order valence-electron chi connectivity index (χ2n) is 6.86. The van der Waals surface area contributed by atoms with E-state index in [1.54, 1.807) is 84.9 Å². The summed E-state index contributed by atoms with van der Waals surface area (Å²) < 4.78 is 2.15. The molecule has 0 unspecified atom stereocenters. The van der Waals surface area contributed by atoms with Gasteiger partial charge in [-0.15, -0.1) is 0 Å². The van der Waals surface area contributed by atoms with Crippen molar-refractivity contribution in [2.24, 2.45) is 0 Å². The van der Waals surface area contributed by atoms with Crippen LogP contribution in [0.1, 0.15) is 20.7 Å². The van der Waals surface area contributed by atoms with Crippen LogP contribution in [0.2, 0.25) is 0 Å². The molecule has 30 heavy (non-hydrogen) atoms. The first-order chi connectivity index (χ1) is 14.6. The Morgan fingerprint density at radius 1 is 0.600 bits per heavy atom. The van der Waals surface area contributed by atoms with Gasteiger partial charge in [-0.2, -0.15) is 0 Å². The molecule has 0 radical (unpaired) electrons. The van der Waals surface area contributed by atoms with E-state index in [9.17, 15) is 19.2 Å². The molecule has 0 saturated carbocycles. The van der Waals surface area contributed by atoms with Crippen molar-refractivity contribution in [3.05, 3.63) is 117 Å². The van der Waals surface area contributed by atoms with E-state index in [1.165, 1.54) is 4.57 Å². The molecule has 6 heteroatoms. The zero-order chi connectivity index (χ0) is 21.1. The number of benzene rings is 3. The minimum atomic E-state index is -0.688. The predicted octanol–water partition coefficient (Wildman–Crippen LogP) is 2.93. The smallest absolute Gasteiger partial charge is 0.292 e.